The third-order valence-electron chi connectivity index (χ3n) is 5.13. The molecule has 124 valence electrons. The number of sulfonamides is 1. The summed E-state index contributed by atoms with van der Waals surface area (Å²) in [7, 11) is -1.43. The predicted octanol–water partition coefficient (Wildman–Crippen LogP) is 0.458. The molecule has 1 aromatic carbocycles. The number of piperazine rings is 1. The Balaban J connectivity index is 1.72. The minimum absolute atomic E-state index is 0.158. The first-order chi connectivity index (χ1) is 11.0. The van der Waals surface area contributed by atoms with Gasteiger partial charge in [0.1, 0.15) is 0 Å². The maximum atomic E-state index is 13.0. The van der Waals surface area contributed by atoms with E-state index in [1.165, 1.54) is 0 Å². The number of carbonyl (C=O) groups excluding carboxylic acids is 1. The largest absolute Gasteiger partial charge is 0.312 e. The fourth-order valence-electron chi connectivity index (χ4n) is 3.75. The Kier molecular flexibility index (Phi) is 3.48. The Labute approximate surface area is 136 Å². The average molecular weight is 335 g/mol. The molecule has 4 rings (SSSR count). The van der Waals surface area contributed by atoms with E-state index in [-0.39, 0.29) is 5.91 Å². The highest BCUT2D eigenvalue weighted by molar-refractivity contribution is 7.89. The zero-order valence-corrected chi connectivity index (χ0v) is 14.1. The summed E-state index contributed by atoms with van der Waals surface area (Å²) in [6.45, 7) is 3.28. The topological polar surface area (TPSA) is 60.9 Å². The highest BCUT2D eigenvalue weighted by atomic mass is 32.2. The molecule has 1 amide bonds. The van der Waals surface area contributed by atoms with E-state index in [1.54, 1.807) is 16.4 Å². The van der Waals surface area contributed by atoms with Crippen LogP contribution in [0.2, 0.25) is 0 Å². The van der Waals surface area contributed by atoms with Gasteiger partial charge in [-0.3, -0.25) is 4.79 Å². The van der Waals surface area contributed by atoms with Gasteiger partial charge < -0.3 is 9.80 Å². The lowest BCUT2D eigenvalue weighted by atomic mass is 10.00. The van der Waals surface area contributed by atoms with Gasteiger partial charge in [-0.25, -0.2) is 8.42 Å². The van der Waals surface area contributed by atoms with E-state index in [0.717, 1.165) is 36.3 Å². The van der Waals surface area contributed by atoms with Crippen molar-refractivity contribution in [3.8, 4) is 0 Å². The summed E-state index contributed by atoms with van der Waals surface area (Å²) < 4.78 is 27.5. The van der Waals surface area contributed by atoms with Crippen LogP contribution in [0.15, 0.2) is 17.0 Å². The summed E-state index contributed by atoms with van der Waals surface area (Å²) in [6.07, 6.45) is 1.87. The van der Waals surface area contributed by atoms with Gasteiger partial charge in [-0.15, -0.1) is 0 Å². The number of benzene rings is 1. The van der Waals surface area contributed by atoms with E-state index >= 15 is 0 Å². The van der Waals surface area contributed by atoms with E-state index in [0.29, 0.717) is 37.4 Å². The Hall–Kier alpha value is -1.44. The molecule has 1 fully saturated rings. The molecular formula is C16H21N3O3S. The second-order valence-electron chi connectivity index (χ2n) is 6.59. The summed E-state index contributed by atoms with van der Waals surface area (Å²) >= 11 is 0. The molecule has 3 heterocycles. The lowest BCUT2D eigenvalue weighted by Crippen LogP contribution is -2.47. The lowest BCUT2D eigenvalue weighted by molar-refractivity contribution is -0.118. The number of aryl methyl sites for hydroxylation is 1. The quantitative estimate of drug-likeness (QED) is 0.788. The lowest BCUT2D eigenvalue weighted by Gasteiger charge is -2.32. The zero-order chi connectivity index (χ0) is 16.2. The number of rotatable bonds is 2. The summed E-state index contributed by atoms with van der Waals surface area (Å²) in [4.78, 5) is 16.3. The Bertz CT molecular complexity index is 767. The van der Waals surface area contributed by atoms with Gasteiger partial charge in [0.05, 0.1) is 10.6 Å². The van der Waals surface area contributed by atoms with Crippen LogP contribution in [0.1, 0.15) is 17.5 Å². The van der Waals surface area contributed by atoms with Gasteiger partial charge in [0, 0.05) is 39.1 Å². The molecule has 1 saturated heterocycles. The normalized spacial score (nSPS) is 22.5. The van der Waals surface area contributed by atoms with Crippen LogP contribution in [0, 0.1) is 0 Å². The van der Waals surface area contributed by atoms with Gasteiger partial charge in [0.25, 0.3) is 0 Å². The minimum atomic E-state index is -3.44. The first-order valence-electron chi connectivity index (χ1n) is 8.12. The SMILES string of the molecule is CN1CCN(S(=O)(=O)c2cc3c4c(c2)CCN4C(=O)CC3)CC1. The fourth-order valence-corrected chi connectivity index (χ4v) is 5.28. The van der Waals surface area contributed by atoms with Crippen LogP contribution >= 0.6 is 0 Å². The summed E-state index contributed by atoms with van der Waals surface area (Å²) in [5, 5.41) is 0. The van der Waals surface area contributed by atoms with Crippen LogP contribution in [0.25, 0.3) is 0 Å². The van der Waals surface area contributed by atoms with Crippen LogP contribution < -0.4 is 4.90 Å². The average Bonchev–Trinajstić information content (AvgIpc) is 2.97. The molecule has 0 N–H and O–H groups in total. The first-order valence-corrected chi connectivity index (χ1v) is 9.56. The minimum Gasteiger partial charge on any atom is -0.312 e. The van der Waals surface area contributed by atoms with Crippen LogP contribution in [-0.4, -0.2) is 63.3 Å². The number of amides is 1. The van der Waals surface area contributed by atoms with Crippen molar-refractivity contribution in [3.05, 3.63) is 23.3 Å². The number of anilines is 1. The third kappa shape index (κ3) is 2.38. The fraction of sp³-hybridized carbons (Fsp3) is 0.562. The highest BCUT2D eigenvalue weighted by Gasteiger charge is 2.34. The van der Waals surface area contributed by atoms with Crippen molar-refractivity contribution < 1.29 is 13.2 Å². The second kappa shape index (κ2) is 5.29. The number of nitrogens with zero attached hydrogens (tertiary/aromatic N) is 3. The molecule has 3 aliphatic rings. The highest BCUT2D eigenvalue weighted by Crippen LogP contribution is 2.38. The van der Waals surface area contributed by atoms with Gasteiger partial charge in [-0.2, -0.15) is 4.31 Å². The Morgan fingerprint density at radius 2 is 1.57 bits per heavy atom. The number of carbonyl (C=O) groups is 1. The third-order valence-corrected chi connectivity index (χ3v) is 7.00. The molecule has 7 heteroatoms. The molecule has 0 unspecified atom stereocenters. The van der Waals surface area contributed by atoms with Crippen molar-refractivity contribution in [2.24, 2.45) is 0 Å². The molecule has 0 atom stereocenters. The van der Waals surface area contributed by atoms with Crippen molar-refractivity contribution in [3.63, 3.8) is 0 Å². The number of hydrogen-bond donors (Lipinski definition) is 0. The Morgan fingerprint density at radius 3 is 2.26 bits per heavy atom. The van der Waals surface area contributed by atoms with E-state index in [2.05, 4.69) is 4.90 Å². The summed E-state index contributed by atoms with van der Waals surface area (Å²) in [5.41, 5.74) is 2.98. The maximum Gasteiger partial charge on any atom is 0.243 e. The number of hydrogen-bond acceptors (Lipinski definition) is 4. The van der Waals surface area contributed by atoms with Gasteiger partial charge in [0.15, 0.2) is 0 Å². The predicted molar refractivity (Wildman–Crippen MR) is 87.1 cm³/mol. The maximum absolute atomic E-state index is 13.0. The van der Waals surface area contributed by atoms with Crippen molar-refractivity contribution >= 4 is 21.6 Å². The number of likely N-dealkylation sites (N-methyl/N-ethyl adjacent to an activating group) is 1. The zero-order valence-electron chi connectivity index (χ0n) is 13.3. The second-order valence-corrected chi connectivity index (χ2v) is 8.53. The van der Waals surface area contributed by atoms with Crippen LogP contribution in [0.3, 0.4) is 0 Å². The van der Waals surface area contributed by atoms with Crippen molar-refractivity contribution in [2.75, 3.05) is 44.7 Å². The molecule has 0 spiro atoms. The van der Waals surface area contributed by atoms with Crippen molar-refractivity contribution in [1.29, 1.82) is 0 Å². The smallest absolute Gasteiger partial charge is 0.243 e. The van der Waals surface area contributed by atoms with E-state index < -0.39 is 10.0 Å². The molecular weight excluding hydrogens is 314 g/mol. The monoisotopic (exact) mass is 335 g/mol. The Morgan fingerprint density at radius 1 is 0.913 bits per heavy atom. The summed E-state index contributed by atoms with van der Waals surface area (Å²) in [5.74, 6) is 0.158. The van der Waals surface area contributed by atoms with Gasteiger partial charge in [-0.1, -0.05) is 0 Å². The molecule has 0 radical (unpaired) electrons. The van der Waals surface area contributed by atoms with Gasteiger partial charge >= 0.3 is 0 Å². The standard InChI is InChI=1S/C16H21N3O3S/c1-17-6-8-18(9-7-17)23(21,22)14-10-12-2-3-15(20)19-5-4-13(11-14)16(12)19/h10-11H,2-9H2,1H3. The van der Waals surface area contributed by atoms with E-state index in [4.69, 9.17) is 0 Å². The molecule has 0 aromatic heterocycles. The van der Waals surface area contributed by atoms with Crippen molar-refractivity contribution in [1.82, 2.24) is 9.21 Å². The van der Waals surface area contributed by atoms with Crippen LogP contribution in [0.4, 0.5) is 5.69 Å². The van der Waals surface area contributed by atoms with Gasteiger partial charge in [-0.05, 0) is 43.1 Å². The molecule has 23 heavy (non-hydrogen) atoms. The molecule has 0 saturated carbocycles. The van der Waals surface area contributed by atoms with Crippen molar-refractivity contribution in [2.45, 2.75) is 24.2 Å². The van der Waals surface area contributed by atoms with Gasteiger partial charge in [0.2, 0.25) is 15.9 Å². The summed E-state index contributed by atoms with van der Waals surface area (Å²) in [6, 6.07) is 3.57. The molecule has 0 aliphatic carbocycles. The van der Waals surface area contributed by atoms with Crippen LogP contribution in [0.5, 0.6) is 0 Å². The first kappa shape index (κ1) is 15.1. The molecule has 6 nitrogen and oxygen atoms in total. The van der Waals surface area contributed by atoms with Crippen LogP contribution in [-0.2, 0) is 27.7 Å². The molecule has 1 aromatic rings. The van der Waals surface area contributed by atoms with E-state index in [9.17, 15) is 13.2 Å². The molecule has 0 bridgehead atoms. The molecule has 3 aliphatic heterocycles. The van der Waals surface area contributed by atoms with E-state index in [1.807, 2.05) is 11.9 Å².